The maximum atomic E-state index is 12.4. The molecule has 3 aromatic rings. The number of aromatic amines is 1. The summed E-state index contributed by atoms with van der Waals surface area (Å²) in [5.74, 6) is -0.482. The van der Waals surface area contributed by atoms with Gasteiger partial charge in [0, 0.05) is 16.6 Å². The maximum Gasteiger partial charge on any atom is 0.324 e. The summed E-state index contributed by atoms with van der Waals surface area (Å²) in [6.07, 6.45) is -0.514. The largest absolute Gasteiger partial charge is 0.458 e. The summed E-state index contributed by atoms with van der Waals surface area (Å²) in [4.78, 5) is 15.9. The summed E-state index contributed by atoms with van der Waals surface area (Å²) in [7, 11) is 0. The van der Waals surface area contributed by atoms with E-state index in [0.717, 1.165) is 27.7 Å². The minimum atomic E-state index is -0.514. The number of carbonyl (C=O) groups excluding carboxylic acids is 1. The molecule has 1 aromatic heterocycles. The van der Waals surface area contributed by atoms with Crippen molar-refractivity contribution in [2.24, 2.45) is 0 Å². The zero-order valence-corrected chi connectivity index (χ0v) is 13.5. The average Bonchev–Trinajstić information content (AvgIpc) is 3.19. The van der Waals surface area contributed by atoms with Gasteiger partial charge in [-0.05, 0) is 17.2 Å². The third-order valence-electron chi connectivity index (χ3n) is 5.34. The number of benzene rings is 2. The Kier molecular flexibility index (Phi) is 3.20. The predicted molar refractivity (Wildman–Crippen MR) is 93.2 cm³/mol. The summed E-state index contributed by atoms with van der Waals surface area (Å²) in [6.45, 7) is -0.177. The molecule has 1 fully saturated rings. The molecule has 2 aliphatic rings. The summed E-state index contributed by atoms with van der Waals surface area (Å²) >= 11 is 0. The molecule has 4 atom stereocenters. The maximum absolute atomic E-state index is 12.4. The molecule has 5 rings (SSSR count). The molecule has 0 aliphatic carbocycles. The van der Waals surface area contributed by atoms with Crippen molar-refractivity contribution in [3.8, 4) is 0 Å². The Morgan fingerprint density at radius 2 is 1.80 bits per heavy atom. The van der Waals surface area contributed by atoms with Crippen LogP contribution in [0.5, 0.6) is 0 Å². The highest BCUT2D eigenvalue weighted by molar-refractivity contribution is 5.90. The Morgan fingerprint density at radius 1 is 1.04 bits per heavy atom. The zero-order chi connectivity index (χ0) is 17.0. The number of esters is 1. The van der Waals surface area contributed by atoms with Crippen molar-refractivity contribution in [2.45, 2.75) is 24.1 Å². The van der Waals surface area contributed by atoms with Crippen LogP contribution < -0.4 is 5.32 Å². The first-order valence-corrected chi connectivity index (χ1v) is 8.51. The Balaban J connectivity index is 1.76. The second-order valence-electron chi connectivity index (χ2n) is 6.67. The highest BCUT2D eigenvalue weighted by atomic mass is 16.6. The molecule has 0 bridgehead atoms. The van der Waals surface area contributed by atoms with Gasteiger partial charge in [0.15, 0.2) is 0 Å². The van der Waals surface area contributed by atoms with Crippen molar-refractivity contribution in [1.82, 2.24) is 10.3 Å². The lowest BCUT2D eigenvalue weighted by atomic mass is 9.80. The van der Waals surface area contributed by atoms with Crippen LogP contribution in [-0.2, 0) is 9.53 Å². The molecule has 5 heteroatoms. The van der Waals surface area contributed by atoms with Crippen molar-refractivity contribution < 1.29 is 14.6 Å². The number of H-pyrrole nitrogens is 1. The van der Waals surface area contributed by atoms with E-state index in [-0.39, 0.29) is 24.5 Å². The smallest absolute Gasteiger partial charge is 0.324 e. The van der Waals surface area contributed by atoms with Gasteiger partial charge >= 0.3 is 5.97 Å². The summed E-state index contributed by atoms with van der Waals surface area (Å²) in [5.41, 5.74) is 4.25. The highest BCUT2D eigenvalue weighted by Gasteiger charge is 2.51. The molecular formula is C20H18N2O3. The van der Waals surface area contributed by atoms with Gasteiger partial charge in [-0.15, -0.1) is 0 Å². The fourth-order valence-corrected chi connectivity index (χ4v) is 4.27. The average molecular weight is 334 g/mol. The third-order valence-corrected chi connectivity index (χ3v) is 5.34. The van der Waals surface area contributed by atoms with E-state index >= 15 is 0 Å². The molecule has 25 heavy (non-hydrogen) atoms. The van der Waals surface area contributed by atoms with Gasteiger partial charge in [0.2, 0.25) is 0 Å². The fraction of sp³-hybridized carbons (Fsp3) is 0.250. The molecule has 0 amide bonds. The van der Waals surface area contributed by atoms with Crippen LogP contribution in [0.4, 0.5) is 0 Å². The molecule has 5 nitrogen and oxygen atoms in total. The SMILES string of the molecule is O=C1O[C@H](CO)[C@@H]2c3c([nH]c4ccccc34)[C@@H](c3ccccc3)N[C@H]12. The number of cyclic esters (lactones) is 1. The van der Waals surface area contributed by atoms with E-state index in [1.165, 1.54) is 0 Å². The van der Waals surface area contributed by atoms with Gasteiger partial charge in [-0.25, -0.2) is 0 Å². The normalized spacial score (nSPS) is 27.8. The summed E-state index contributed by atoms with van der Waals surface area (Å²) < 4.78 is 5.45. The van der Waals surface area contributed by atoms with E-state index in [4.69, 9.17) is 4.74 Å². The van der Waals surface area contributed by atoms with Gasteiger partial charge in [0.05, 0.1) is 18.6 Å². The molecule has 3 heterocycles. The molecule has 0 spiro atoms. The molecule has 0 saturated carbocycles. The number of aliphatic hydroxyl groups is 1. The Bertz CT molecular complexity index is 950. The lowest BCUT2D eigenvalue weighted by molar-refractivity contribution is -0.144. The van der Waals surface area contributed by atoms with Crippen LogP contribution in [0.3, 0.4) is 0 Å². The third kappa shape index (κ3) is 2.06. The number of ether oxygens (including phenoxy) is 1. The minimum absolute atomic E-state index is 0.116. The number of nitrogens with one attached hydrogen (secondary N) is 2. The quantitative estimate of drug-likeness (QED) is 0.628. The van der Waals surface area contributed by atoms with Crippen LogP contribution >= 0.6 is 0 Å². The minimum Gasteiger partial charge on any atom is -0.458 e. The first-order valence-electron chi connectivity index (χ1n) is 8.51. The second-order valence-corrected chi connectivity index (χ2v) is 6.67. The van der Waals surface area contributed by atoms with Crippen molar-refractivity contribution in [3.63, 3.8) is 0 Å². The van der Waals surface area contributed by atoms with Crippen molar-refractivity contribution in [1.29, 1.82) is 0 Å². The number of aliphatic hydroxyl groups excluding tert-OH is 1. The topological polar surface area (TPSA) is 74.3 Å². The number of hydrogen-bond acceptors (Lipinski definition) is 4. The lowest BCUT2D eigenvalue weighted by Crippen LogP contribution is -2.45. The lowest BCUT2D eigenvalue weighted by Gasteiger charge is -2.33. The molecule has 126 valence electrons. The number of hydrogen-bond donors (Lipinski definition) is 3. The monoisotopic (exact) mass is 334 g/mol. The molecular weight excluding hydrogens is 316 g/mol. The van der Waals surface area contributed by atoms with Crippen molar-refractivity contribution in [2.75, 3.05) is 6.61 Å². The molecule has 0 radical (unpaired) electrons. The first-order chi connectivity index (χ1) is 12.3. The van der Waals surface area contributed by atoms with Gasteiger partial charge in [-0.1, -0.05) is 48.5 Å². The predicted octanol–water partition coefficient (Wildman–Crippen LogP) is 2.23. The van der Waals surface area contributed by atoms with Crippen LogP contribution in [0.25, 0.3) is 10.9 Å². The van der Waals surface area contributed by atoms with Gasteiger partial charge in [0.25, 0.3) is 0 Å². The van der Waals surface area contributed by atoms with E-state index in [1.54, 1.807) is 0 Å². The summed E-state index contributed by atoms with van der Waals surface area (Å²) in [5, 5.41) is 14.3. The highest BCUT2D eigenvalue weighted by Crippen LogP contribution is 2.45. The molecule has 1 saturated heterocycles. The molecule has 3 N–H and O–H groups in total. The van der Waals surface area contributed by atoms with Crippen molar-refractivity contribution in [3.05, 3.63) is 71.4 Å². The van der Waals surface area contributed by atoms with Crippen LogP contribution in [0.1, 0.15) is 28.8 Å². The van der Waals surface area contributed by atoms with E-state index in [0.29, 0.717) is 0 Å². The molecule has 2 aliphatic heterocycles. The number of rotatable bonds is 2. The first kappa shape index (κ1) is 14.7. The Labute approximate surface area is 144 Å². The number of para-hydroxylation sites is 1. The number of fused-ring (bicyclic) bond motifs is 5. The van der Waals surface area contributed by atoms with Crippen LogP contribution in [0.2, 0.25) is 0 Å². The van der Waals surface area contributed by atoms with Gasteiger partial charge < -0.3 is 14.8 Å². The summed E-state index contributed by atoms with van der Waals surface area (Å²) in [6, 6.07) is 17.6. The fourth-order valence-electron chi connectivity index (χ4n) is 4.27. The Hall–Kier alpha value is -2.63. The van der Waals surface area contributed by atoms with Gasteiger partial charge in [-0.2, -0.15) is 0 Å². The van der Waals surface area contributed by atoms with E-state index in [1.807, 2.05) is 36.4 Å². The van der Waals surface area contributed by atoms with E-state index in [9.17, 15) is 9.90 Å². The van der Waals surface area contributed by atoms with Gasteiger partial charge in [0.1, 0.15) is 12.1 Å². The van der Waals surface area contributed by atoms with Crippen LogP contribution in [0.15, 0.2) is 54.6 Å². The van der Waals surface area contributed by atoms with Crippen LogP contribution in [-0.4, -0.2) is 34.8 Å². The molecule has 2 aromatic carbocycles. The van der Waals surface area contributed by atoms with Crippen LogP contribution in [0, 0.1) is 0 Å². The van der Waals surface area contributed by atoms with Crippen molar-refractivity contribution >= 4 is 16.9 Å². The standard InChI is InChI=1S/C20H18N2O3/c23-10-14-16-15-12-8-4-5-9-13(12)21-18(15)17(11-6-2-1-3-7-11)22-19(16)20(24)25-14/h1-9,14,16-17,19,21-23H,10H2/t14-,16-,17-,19+/m1/s1. The number of carbonyl (C=O) groups is 1. The van der Waals surface area contributed by atoms with E-state index < -0.39 is 12.1 Å². The number of aromatic nitrogens is 1. The zero-order valence-electron chi connectivity index (χ0n) is 13.5. The van der Waals surface area contributed by atoms with Gasteiger partial charge in [-0.3, -0.25) is 10.1 Å². The second kappa shape index (κ2) is 5.44. The van der Waals surface area contributed by atoms with E-state index in [2.05, 4.69) is 28.5 Å². The Morgan fingerprint density at radius 3 is 2.60 bits per heavy atom. The molecule has 0 unspecified atom stereocenters.